The van der Waals surface area contributed by atoms with E-state index in [0.717, 1.165) is 6.54 Å². The first-order chi connectivity index (χ1) is 8.81. The lowest BCUT2D eigenvalue weighted by Crippen LogP contribution is -2.11. The molecule has 0 aromatic carbocycles. The topological polar surface area (TPSA) is 3.24 Å². The summed E-state index contributed by atoms with van der Waals surface area (Å²) in [6.45, 7) is 6.67. The first kappa shape index (κ1) is 16.2. The van der Waals surface area contributed by atoms with E-state index in [1.165, 1.54) is 38.5 Å². The summed E-state index contributed by atoms with van der Waals surface area (Å²) >= 11 is 0. The lowest BCUT2D eigenvalue weighted by atomic mass is 10.1. The van der Waals surface area contributed by atoms with E-state index < -0.39 is 0 Å². The van der Waals surface area contributed by atoms with Crippen LogP contribution in [0.25, 0.3) is 0 Å². The molecule has 96 valence electrons. The van der Waals surface area contributed by atoms with E-state index in [1.54, 1.807) is 0 Å². The SMILES string of the molecule is C=C=C=C=C=C=C=CN(C)CCCCCCCC. The minimum absolute atomic E-state index is 1.06. The molecule has 0 heterocycles. The van der Waals surface area contributed by atoms with E-state index in [4.69, 9.17) is 0 Å². The van der Waals surface area contributed by atoms with Crippen LogP contribution < -0.4 is 0 Å². The van der Waals surface area contributed by atoms with Crippen LogP contribution in [0.3, 0.4) is 0 Å². The Hall–Kier alpha value is -1.78. The van der Waals surface area contributed by atoms with Crippen molar-refractivity contribution in [1.29, 1.82) is 0 Å². The Morgan fingerprint density at radius 2 is 1.61 bits per heavy atom. The van der Waals surface area contributed by atoms with Crippen molar-refractivity contribution in [2.75, 3.05) is 13.6 Å². The number of rotatable bonds is 8. The summed E-state index contributed by atoms with van der Waals surface area (Å²) in [6, 6.07) is 0. The Bertz CT molecular complexity index is 422. The molecule has 0 radical (unpaired) electrons. The molecular weight excluding hydrogens is 218 g/mol. The molecule has 0 saturated heterocycles. The second-order valence-corrected chi connectivity index (χ2v) is 4.20. The lowest BCUT2D eigenvalue weighted by Gasteiger charge is -2.11. The van der Waals surface area contributed by atoms with Crippen LogP contribution in [0.2, 0.25) is 0 Å². The van der Waals surface area contributed by atoms with Gasteiger partial charge in [-0.1, -0.05) is 44.8 Å². The van der Waals surface area contributed by atoms with E-state index in [1.807, 2.05) is 13.2 Å². The van der Waals surface area contributed by atoms with Crippen LogP contribution in [-0.4, -0.2) is 18.5 Å². The van der Waals surface area contributed by atoms with E-state index >= 15 is 0 Å². The summed E-state index contributed by atoms with van der Waals surface area (Å²) < 4.78 is 0. The van der Waals surface area contributed by atoms with Crippen LogP contribution in [0, 0.1) is 0 Å². The van der Waals surface area contributed by atoms with Gasteiger partial charge in [0.05, 0.1) is 6.20 Å². The van der Waals surface area contributed by atoms with Crippen LogP contribution in [0.4, 0.5) is 0 Å². The van der Waals surface area contributed by atoms with E-state index in [2.05, 4.69) is 52.8 Å². The van der Waals surface area contributed by atoms with Crippen LogP contribution in [0.1, 0.15) is 45.4 Å². The molecule has 0 aromatic heterocycles. The van der Waals surface area contributed by atoms with Crippen LogP contribution in [-0.2, 0) is 0 Å². The van der Waals surface area contributed by atoms with Gasteiger partial charge in [-0.05, 0) is 41.7 Å². The fourth-order valence-electron chi connectivity index (χ4n) is 1.49. The van der Waals surface area contributed by atoms with Crippen LogP contribution in [0.15, 0.2) is 47.2 Å². The standard InChI is InChI=1S/C17H23N/c1-4-6-8-10-12-14-16-18(3)17-15-13-11-9-7-5-2/h16H,1,5,7,9,11,13,15,17H2,2-3H3. The summed E-state index contributed by atoms with van der Waals surface area (Å²) in [4.78, 5) is 2.11. The Kier molecular flexibility index (Phi) is 12.0. The van der Waals surface area contributed by atoms with Gasteiger partial charge in [0.2, 0.25) is 0 Å². The van der Waals surface area contributed by atoms with Crippen molar-refractivity contribution in [1.82, 2.24) is 4.90 Å². The molecule has 1 heteroatoms. The molecule has 0 bridgehead atoms. The fourth-order valence-corrected chi connectivity index (χ4v) is 1.49. The van der Waals surface area contributed by atoms with Crippen LogP contribution >= 0.6 is 0 Å². The van der Waals surface area contributed by atoms with Gasteiger partial charge >= 0.3 is 0 Å². The predicted octanol–water partition coefficient (Wildman–Crippen LogP) is 4.35. The molecule has 0 amide bonds. The summed E-state index contributed by atoms with van der Waals surface area (Å²) in [6.07, 6.45) is 9.81. The molecule has 0 aromatic rings. The quantitative estimate of drug-likeness (QED) is 0.451. The van der Waals surface area contributed by atoms with Crippen molar-refractivity contribution in [2.24, 2.45) is 0 Å². The molecule has 0 unspecified atom stereocenters. The summed E-state index contributed by atoms with van der Waals surface area (Å²) in [5, 5.41) is 0. The highest BCUT2D eigenvalue weighted by Crippen LogP contribution is 2.05. The molecule has 0 rings (SSSR count). The summed E-state index contributed by atoms with van der Waals surface area (Å²) in [7, 11) is 2.05. The van der Waals surface area contributed by atoms with Gasteiger partial charge in [0.25, 0.3) is 0 Å². The monoisotopic (exact) mass is 241 g/mol. The van der Waals surface area contributed by atoms with Gasteiger partial charge < -0.3 is 4.90 Å². The first-order valence-electron chi connectivity index (χ1n) is 6.62. The predicted molar refractivity (Wildman–Crippen MR) is 77.3 cm³/mol. The highest BCUT2D eigenvalue weighted by atomic mass is 15.1. The maximum absolute atomic E-state index is 3.36. The van der Waals surface area contributed by atoms with Gasteiger partial charge in [-0.25, -0.2) is 0 Å². The molecule has 0 aliphatic heterocycles. The van der Waals surface area contributed by atoms with Gasteiger partial charge in [-0.3, -0.25) is 0 Å². The van der Waals surface area contributed by atoms with Crippen molar-refractivity contribution >= 4 is 0 Å². The number of hydrogen-bond acceptors (Lipinski definition) is 1. The fraction of sp³-hybridized carbons (Fsp3) is 0.529. The van der Waals surface area contributed by atoms with Gasteiger partial charge in [-0.2, -0.15) is 0 Å². The summed E-state index contributed by atoms with van der Waals surface area (Å²) in [5.74, 6) is 0. The zero-order valence-corrected chi connectivity index (χ0v) is 11.7. The molecule has 0 aliphatic carbocycles. The third-order valence-corrected chi connectivity index (χ3v) is 2.50. The zero-order chi connectivity index (χ0) is 13.5. The number of nitrogens with zero attached hydrogens (tertiary/aromatic N) is 1. The molecule has 0 saturated carbocycles. The average Bonchev–Trinajstić information content (AvgIpc) is 2.38. The first-order valence-corrected chi connectivity index (χ1v) is 6.62. The van der Waals surface area contributed by atoms with Crippen molar-refractivity contribution < 1.29 is 0 Å². The smallest absolute Gasteiger partial charge is 0.0512 e. The second kappa shape index (κ2) is 13.3. The van der Waals surface area contributed by atoms with Gasteiger partial charge in [0, 0.05) is 13.6 Å². The maximum Gasteiger partial charge on any atom is 0.0512 e. The van der Waals surface area contributed by atoms with Gasteiger partial charge in [0.15, 0.2) is 0 Å². The number of hydrogen-bond donors (Lipinski definition) is 0. The Labute approximate surface area is 112 Å². The third kappa shape index (κ3) is 12.3. The molecule has 0 spiro atoms. The average molecular weight is 241 g/mol. The van der Waals surface area contributed by atoms with Crippen molar-refractivity contribution in [2.45, 2.75) is 45.4 Å². The van der Waals surface area contributed by atoms with E-state index in [9.17, 15) is 0 Å². The largest absolute Gasteiger partial charge is 0.374 e. The Balaban J connectivity index is 3.87. The molecule has 0 atom stereocenters. The summed E-state index contributed by atoms with van der Waals surface area (Å²) in [5.41, 5.74) is 15.9. The second-order valence-electron chi connectivity index (χ2n) is 4.20. The van der Waals surface area contributed by atoms with Crippen LogP contribution in [0.5, 0.6) is 0 Å². The minimum Gasteiger partial charge on any atom is -0.374 e. The molecule has 18 heavy (non-hydrogen) atoms. The highest BCUT2D eigenvalue weighted by Gasteiger charge is 1.92. The van der Waals surface area contributed by atoms with Gasteiger partial charge in [0.1, 0.15) is 0 Å². The third-order valence-electron chi connectivity index (χ3n) is 2.50. The van der Waals surface area contributed by atoms with Crippen molar-refractivity contribution in [3.05, 3.63) is 47.2 Å². The maximum atomic E-state index is 3.36. The van der Waals surface area contributed by atoms with Crippen molar-refractivity contribution in [3.8, 4) is 0 Å². The van der Waals surface area contributed by atoms with E-state index in [-0.39, 0.29) is 0 Å². The molecular formula is C17H23N. The molecule has 1 nitrogen and oxygen atoms in total. The molecule has 0 N–H and O–H groups in total. The highest BCUT2D eigenvalue weighted by molar-refractivity contribution is 4.88. The Morgan fingerprint density at radius 3 is 2.33 bits per heavy atom. The lowest BCUT2D eigenvalue weighted by molar-refractivity contribution is 0.429. The normalized spacial score (nSPS) is 7.89. The molecule has 0 aliphatic rings. The zero-order valence-electron chi connectivity index (χ0n) is 11.7. The molecule has 0 fully saturated rings. The number of unbranched alkanes of at least 4 members (excludes halogenated alkanes) is 5. The van der Waals surface area contributed by atoms with Crippen molar-refractivity contribution in [3.63, 3.8) is 0 Å². The Morgan fingerprint density at radius 1 is 0.944 bits per heavy atom. The minimum atomic E-state index is 1.06. The van der Waals surface area contributed by atoms with Gasteiger partial charge in [-0.15, -0.1) is 0 Å². The van der Waals surface area contributed by atoms with E-state index in [0.29, 0.717) is 0 Å².